The maximum atomic E-state index is 12.0. The van der Waals surface area contributed by atoms with Crippen LogP contribution in [0.2, 0.25) is 5.02 Å². The Hall–Kier alpha value is -1.99. The van der Waals surface area contributed by atoms with Crippen molar-refractivity contribution in [1.29, 1.82) is 0 Å². The first-order valence-electron chi connectivity index (χ1n) is 7.13. The predicted molar refractivity (Wildman–Crippen MR) is 82.2 cm³/mol. The molecule has 1 N–H and O–H groups in total. The Morgan fingerprint density at radius 1 is 1.30 bits per heavy atom. The van der Waals surface area contributed by atoms with Gasteiger partial charge in [-0.25, -0.2) is 4.79 Å². The van der Waals surface area contributed by atoms with E-state index in [9.17, 15) is 9.59 Å². The van der Waals surface area contributed by atoms with Crippen LogP contribution < -0.4 is 14.8 Å². The number of ether oxygens (including phenoxy) is 4. The lowest BCUT2D eigenvalue weighted by molar-refractivity contribution is -0.124. The molecule has 0 unspecified atom stereocenters. The number of benzene rings is 1. The minimum absolute atomic E-state index is 0.198. The maximum Gasteiger partial charge on any atom is 0.338 e. The molecule has 1 aliphatic rings. The van der Waals surface area contributed by atoms with E-state index < -0.39 is 11.9 Å². The van der Waals surface area contributed by atoms with Crippen molar-refractivity contribution >= 4 is 23.5 Å². The van der Waals surface area contributed by atoms with E-state index in [1.807, 2.05) is 0 Å². The normalized spacial score (nSPS) is 13.1. The summed E-state index contributed by atoms with van der Waals surface area (Å²) in [7, 11) is 1.53. The van der Waals surface area contributed by atoms with Crippen molar-refractivity contribution in [3.63, 3.8) is 0 Å². The molecule has 1 aromatic carbocycles. The SMILES string of the molecule is COCCNC(=O)COC(=O)c1cc(Cl)c2c(c1)OCCCO2. The van der Waals surface area contributed by atoms with Gasteiger partial charge in [0.15, 0.2) is 18.1 Å². The molecule has 1 aromatic rings. The second kappa shape index (κ2) is 8.59. The number of esters is 1. The van der Waals surface area contributed by atoms with Gasteiger partial charge < -0.3 is 24.3 Å². The van der Waals surface area contributed by atoms with Gasteiger partial charge in [-0.05, 0) is 12.1 Å². The number of hydrogen-bond acceptors (Lipinski definition) is 6. The second-order valence-electron chi connectivity index (χ2n) is 4.75. The Morgan fingerprint density at radius 3 is 2.87 bits per heavy atom. The maximum absolute atomic E-state index is 12.0. The van der Waals surface area contributed by atoms with Crippen LogP contribution in [0.4, 0.5) is 0 Å². The van der Waals surface area contributed by atoms with Crippen LogP contribution in [0.3, 0.4) is 0 Å². The van der Waals surface area contributed by atoms with Crippen molar-refractivity contribution in [1.82, 2.24) is 5.32 Å². The zero-order valence-electron chi connectivity index (χ0n) is 12.7. The second-order valence-corrected chi connectivity index (χ2v) is 5.16. The van der Waals surface area contributed by atoms with Crippen molar-refractivity contribution in [3.8, 4) is 11.5 Å². The molecule has 2 rings (SSSR count). The average Bonchev–Trinajstić information content (AvgIpc) is 2.78. The van der Waals surface area contributed by atoms with Crippen molar-refractivity contribution in [3.05, 3.63) is 22.7 Å². The standard InChI is InChI=1S/C15H18ClNO6/c1-20-6-3-17-13(18)9-23-15(19)10-7-11(16)14-12(8-10)21-4-2-5-22-14/h7-8H,2-6,9H2,1H3,(H,17,18). The van der Waals surface area contributed by atoms with Gasteiger partial charge in [-0.1, -0.05) is 11.6 Å². The zero-order valence-corrected chi connectivity index (χ0v) is 13.5. The van der Waals surface area contributed by atoms with Crippen molar-refractivity contribution in [2.75, 3.05) is 40.1 Å². The van der Waals surface area contributed by atoms with Crippen LogP contribution >= 0.6 is 11.6 Å². The highest BCUT2D eigenvalue weighted by Crippen LogP contribution is 2.38. The Labute approximate surface area is 138 Å². The van der Waals surface area contributed by atoms with Crippen molar-refractivity contribution in [2.24, 2.45) is 0 Å². The van der Waals surface area contributed by atoms with Gasteiger partial charge in [0.05, 0.1) is 30.4 Å². The lowest BCUT2D eigenvalue weighted by atomic mass is 10.2. The Bertz CT molecular complexity index is 577. The molecule has 7 nitrogen and oxygen atoms in total. The molecule has 0 bridgehead atoms. The molecular formula is C15H18ClNO6. The number of halogens is 1. The van der Waals surface area contributed by atoms with Crippen molar-refractivity contribution in [2.45, 2.75) is 6.42 Å². The Morgan fingerprint density at radius 2 is 2.09 bits per heavy atom. The fraction of sp³-hybridized carbons (Fsp3) is 0.467. The van der Waals surface area contributed by atoms with Crippen LogP contribution in [0, 0.1) is 0 Å². The summed E-state index contributed by atoms with van der Waals surface area (Å²) in [5.41, 5.74) is 0.198. The summed E-state index contributed by atoms with van der Waals surface area (Å²) in [6, 6.07) is 2.93. The van der Waals surface area contributed by atoms with Crippen molar-refractivity contribution < 1.29 is 28.5 Å². The van der Waals surface area contributed by atoms with Gasteiger partial charge in [0.25, 0.3) is 5.91 Å². The van der Waals surface area contributed by atoms with E-state index in [0.717, 1.165) is 6.42 Å². The van der Waals surface area contributed by atoms with Crippen LogP contribution in [-0.2, 0) is 14.3 Å². The third-order valence-electron chi connectivity index (χ3n) is 3.00. The minimum atomic E-state index is -0.663. The fourth-order valence-electron chi connectivity index (χ4n) is 1.91. The minimum Gasteiger partial charge on any atom is -0.489 e. The monoisotopic (exact) mass is 343 g/mol. The molecule has 1 amide bonds. The van der Waals surface area contributed by atoms with Crippen LogP contribution in [0.5, 0.6) is 11.5 Å². The molecule has 0 aromatic heterocycles. The average molecular weight is 344 g/mol. The largest absolute Gasteiger partial charge is 0.489 e. The summed E-state index contributed by atoms with van der Waals surface area (Å²) in [5, 5.41) is 2.81. The highest BCUT2D eigenvalue weighted by molar-refractivity contribution is 6.32. The molecule has 8 heteroatoms. The van der Waals surface area contributed by atoms with Crippen LogP contribution in [0.25, 0.3) is 0 Å². The van der Waals surface area contributed by atoms with Crippen LogP contribution in [0.15, 0.2) is 12.1 Å². The molecule has 0 fully saturated rings. The van der Waals surface area contributed by atoms with Gasteiger partial charge in [0.1, 0.15) is 0 Å². The van der Waals surface area contributed by atoms with Crippen LogP contribution in [-0.4, -0.2) is 52.0 Å². The van der Waals surface area contributed by atoms with E-state index in [1.54, 1.807) is 0 Å². The lowest BCUT2D eigenvalue weighted by Gasteiger charge is -2.11. The summed E-state index contributed by atoms with van der Waals surface area (Å²) >= 11 is 6.11. The topological polar surface area (TPSA) is 83.1 Å². The van der Waals surface area contributed by atoms with E-state index in [0.29, 0.717) is 37.9 Å². The third-order valence-corrected chi connectivity index (χ3v) is 3.28. The first-order chi connectivity index (χ1) is 11.1. The smallest absolute Gasteiger partial charge is 0.338 e. The van der Waals surface area contributed by atoms with Gasteiger partial charge in [-0.3, -0.25) is 4.79 Å². The number of hydrogen-bond donors (Lipinski definition) is 1. The summed E-state index contributed by atoms with van der Waals surface area (Å²) < 4.78 is 20.7. The molecule has 23 heavy (non-hydrogen) atoms. The van der Waals surface area contributed by atoms with Gasteiger partial charge in [0, 0.05) is 20.1 Å². The van der Waals surface area contributed by atoms with E-state index >= 15 is 0 Å². The number of carbonyl (C=O) groups is 2. The molecular weight excluding hydrogens is 326 g/mol. The van der Waals surface area contributed by atoms with Gasteiger partial charge in [0.2, 0.25) is 0 Å². The highest BCUT2D eigenvalue weighted by Gasteiger charge is 2.19. The lowest BCUT2D eigenvalue weighted by Crippen LogP contribution is -2.31. The molecule has 0 atom stereocenters. The van der Waals surface area contributed by atoms with E-state index in [2.05, 4.69) is 5.32 Å². The highest BCUT2D eigenvalue weighted by atomic mass is 35.5. The summed E-state index contributed by atoms with van der Waals surface area (Å²) in [4.78, 5) is 23.5. The number of fused-ring (bicyclic) bond motifs is 1. The van der Waals surface area contributed by atoms with E-state index in [4.69, 9.17) is 30.5 Å². The van der Waals surface area contributed by atoms with Gasteiger partial charge in [-0.15, -0.1) is 0 Å². The summed E-state index contributed by atoms with van der Waals surface area (Å²) in [5.74, 6) is -0.259. The molecule has 0 radical (unpaired) electrons. The fourth-order valence-corrected chi connectivity index (χ4v) is 2.17. The number of nitrogens with one attached hydrogen (secondary N) is 1. The van der Waals surface area contributed by atoms with E-state index in [1.165, 1.54) is 19.2 Å². The molecule has 1 aliphatic heterocycles. The molecule has 126 valence electrons. The van der Waals surface area contributed by atoms with Crippen LogP contribution in [0.1, 0.15) is 16.8 Å². The number of amides is 1. The first-order valence-corrected chi connectivity index (χ1v) is 7.51. The molecule has 1 heterocycles. The first kappa shape index (κ1) is 17.4. The molecule has 0 spiro atoms. The predicted octanol–water partition coefficient (Wildman–Crippen LogP) is 1.42. The third kappa shape index (κ3) is 5.01. The summed E-state index contributed by atoms with van der Waals surface area (Å²) in [6.45, 7) is 1.33. The summed E-state index contributed by atoms with van der Waals surface area (Å²) in [6.07, 6.45) is 0.729. The number of carbonyl (C=O) groups excluding carboxylic acids is 2. The molecule has 0 saturated heterocycles. The zero-order chi connectivity index (χ0) is 16.7. The van der Waals surface area contributed by atoms with Gasteiger partial charge >= 0.3 is 5.97 Å². The molecule has 0 saturated carbocycles. The van der Waals surface area contributed by atoms with E-state index in [-0.39, 0.29) is 17.2 Å². The number of rotatable bonds is 6. The quantitative estimate of drug-likeness (QED) is 0.621. The van der Waals surface area contributed by atoms with Gasteiger partial charge in [-0.2, -0.15) is 0 Å². The number of methoxy groups -OCH3 is 1. The Balaban J connectivity index is 1.96. The molecule has 0 aliphatic carbocycles. The Kier molecular flexibility index (Phi) is 6.49.